The summed E-state index contributed by atoms with van der Waals surface area (Å²) in [6.45, 7) is 0.478. The first-order chi connectivity index (χ1) is 19.0. The molecule has 1 unspecified atom stereocenters. The Balaban J connectivity index is 1.60. The van der Waals surface area contributed by atoms with Crippen LogP contribution in [0, 0.1) is 11.6 Å². The van der Waals surface area contributed by atoms with Crippen LogP contribution in [0.5, 0.6) is 0 Å². The Kier molecular flexibility index (Phi) is 6.54. The number of benzene rings is 3. The first-order valence-electron chi connectivity index (χ1n) is 12.2. The summed E-state index contributed by atoms with van der Waals surface area (Å²) in [4.78, 5) is 9.90. The Morgan fingerprint density at radius 1 is 0.744 bits per heavy atom. The zero-order chi connectivity index (χ0) is 26.9. The molecule has 0 fully saturated rings. The van der Waals surface area contributed by atoms with Gasteiger partial charge in [0.2, 0.25) is 0 Å². The quantitative estimate of drug-likeness (QED) is 0.233. The number of hydrogen-bond acceptors (Lipinski definition) is 4. The van der Waals surface area contributed by atoms with Gasteiger partial charge >= 0.3 is 0 Å². The molecule has 1 atom stereocenters. The van der Waals surface area contributed by atoms with Crippen LogP contribution in [0.4, 0.5) is 8.78 Å². The van der Waals surface area contributed by atoms with Crippen LogP contribution < -0.4 is 0 Å². The molecule has 6 aromatic rings. The summed E-state index contributed by atoms with van der Waals surface area (Å²) in [5.74, 6) is -0.674. The van der Waals surface area contributed by atoms with E-state index in [1.807, 2.05) is 47.3 Å². The van der Waals surface area contributed by atoms with Gasteiger partial charge in [-0.3, -0.25) is 13.9 Å². The smallest absolute Gasteiger partial charge is 0.182 e. The van der Waals surface area contributed by atoms with E-state index in [2.05, 4.69) is 4.98 Å². The van der Waals surface area contributed by atoms with Crippen molar-refractivity contribution in [2.45, 2.75) is 11.4 Å². The van der Waals surface area contributed by atoms with Gasteiger partial charge in [0.05, 0.1) is 12.2 Å². The molecule has 0 amide bonds. The standard InChI is InChI=1S/C31H22F2N4OS/c1-39(38)26-12-2-20(3-13-26)18-37-19-27-28(21-4-8-24(32)9-5-21)29(22-14-16-34-17-15-22)30(35-31(27)36-37)23-6-10-25(33)11-7-23/h2-17,19H,18H2,1H3. The van der Waals surface area contributed by atoms with Crippen molar-refractivity contribution in [1.82, 2.24) is 19.7 Å². The van der Waals surface area contributed by atoms with Crippen molar-refractivity contribution in [3.8, 4) is 33.5 Å². The molecule has 0 N–H and O–H groups in total. The van der Waals surface area contributed by atoms with E-state index in [4.69, 9.17) is 10.1 Å². The van der Waals surface area contributed by atoms with E-state index >= 15 is 0 Å². The molecule has 3 heterocycles. The monoisotopic (exact) mass is 536 g/mol. The van der Waals surface area contributed by atoms with Crippen molar-refractivity contribution in [3.63, 3.8) is 0 Å². The Labute approximate surface area is 226 Å². The minimum Gasteiger partial charge on any atom is -0.265 e. The molecule has 0 bridgehead atoms. The van der Waals surface area contributed by atoms with E-state index in [9.17, 15) is 13.0 Å². The lowest BCUT2D eigenvalue weighted by atomic mass is 9.90. The maximum atomic E-state index is 14.0. The van der Waals surface area contributed by atoms with Crippen LogP contribution in [-0.2, 0) is 17.3 Å². The third-order valence-electron chi connectivity index (χ3n) is 6.54. The second-order valence-electron chi connectivity index (χ2n) is 9.12. The van der Waals surface area contributed by atoms with Gasteiger partial charge in [-0.25, -0.2) is 13.8 Å². The summed E-state index contributed by atoms with van der Waals surface area (Å²) in [6, 6.07) is 23.9. The number of pyridine rings is 2. The van der Waals surface area contributed by atoms with E-state index in [0.29, 0.717) is 17.9 Å². The minimum atomic E-state index is -1.05. The summed E-state index contributed by atoms with van der Waals surface area (Å²) in [5.41, 5.74) is 6.19. The SMILES string of the molecule is CS(=O)c1ccc(Cn2cc3c(-c4ccc(F)cc4)c(-c4ccncc4)c(-c4ccc(F)cc4)nc3n2)cc1. The summed E-state index contributed by atoms with van der Waals surface area (Å²) in [7, 11) is -1.05. The molecule has 3 aromatic heterocycles. The summed E-state index contributed by atoms with van der Waals surface area (Å²) in [5, 5.41) is 5.59. The predicted octanol–water partition coefficient (Wildman–Crippen LogP) is 6.89. The Morgan fingerprint density at radius 3 is 1.95 bits per heavy atom. The van der Waals surface area contributed by atoms with Crippen LogP contribution in [0.15, 0.2) is 108 Å². The van der Waals surface area contributed by atoms with E-state index in [-0.39, 0.29) is 11.6 Å². The largest absolute Gasteiger partial charge is 0.265 e. The molecule has 39 heavy (non-hydrogen) atoms. The van der Waals surface area contributed by atoms with Crippen molar-refractivity contribution in [2.75, 3.05) is 6.26 Å². The normalized spacial score (nSPS) is 12.1. The molecule has 0 aliphatic carbocycles. The molecule has 0 spiro atoms. The zero-order valence-corrected chi connectivity index (χ0v) is 21.7. The minimum absolute atomic E-state index is 0.333. The average Bonchev–Trinajstić information content (AvgIpc) is 3.36. The number of halogens is 2. The molecule has 0 saturated carbocycles. The lowest BCUT2D eigenvalue weighted by Crippen LogP contribution is -2.00. The molecule has 0 aliphatic rings. The zero-order valence-electron chi connectivity index (χ0n) is 20.9. The van der Waals surface area contributed by atoms with Crippen molar-refractivity contribution in [1.29, 1.82) is 0 Å². The van der Waals surface area contributed by atoms with Gasteiger partial charge in [0.25, 0.3) is 0 Å². The molecular weight excluding hydrogens is 514 g/mol. The molecule has 0 saturated heterocycles. The molecule has 5 nitrogen and oxygen atoms in total. The highest BCUT2D eigenvalue weighted by Gasteiger charge is 2.22. The van der Waals surface area contributed by atoms with Crippen LogP contribution in [0.2, 0.25) is 0 Å². The van der Waals surface area contributed by atoms with E-state index in [0.717, 1.165) is 43.7 Å². The van der Waals surface area contributed by atoms with Crippen molar-refractivity contribution < 1.29 is 13.0 Å². The first-order valence-corrected chi connectivity index (χ1v) is 13.8. The van der Waals surface area contributed by atoms with Gasteiger partial charge < -0.3 is 0 Å². The van der Waals surface area contributed by atoms with Gasteiger partial charge in [-0.2, -0.15) is 5.10 Å². The van der Waals surface area contributed by atoms with Crippen LogP contribution >= 0.6 is 0 Å². The lowest BCUT2D eigenvalue weighted by Gasteiger charge is -2.16. The fourth-order valence-electron chi connectivity index (χ4n) is 4.67. The lowest BCUT2D eigenvalue weighted by molar-refractivity contribution is 0.627. The average molecular weight is 537 g/mol. The van der Waals surface area contributed by atoms with E-state index < -0.39 is 10.8 Å². The molecule has 0 aliphatic heterocycles. The van der Waals surface area contributed by atoms with Gasteiger partial charge in [-0.05, 0) is 77.4 Å². The van der Waals surface area contributed by atoms with Crippen LogP contribution in [0.1, 0.15) is 5.56 Å². The molecule has 8 heteroatoms. The number of aromatic nitrogens is 4. The van der Waals surface area contributed by atoms with Crippen LogP contribution in [0.25, 0.3) is 44.5 Å². The van der Waals surface area contributed by atoms with Gasteiger partial charge in [-0.1, -0.05) is 24.3 Å². The molecule has 192 valence electrons. The molecular formula is C31H22F2N4OS. The number of fused-ring (bicyclic) bond motifs is 1. The van der Waals surface area contributed by atoms with Gasteiger partial charge in [0.1, 0.15) is 11.6 Å². The summed E-state index contributed by atoms with van der Waals surface area (Å²) < 4.78 is 41.4. The van der Waals surface area contributed by atoms with Crippen molar-refractivity contribution in [3.05, 3.63) is 121 Å². The summed E-state index contributed by atoms with van der Waals surface area (Å²) >= 11 is 0. The Morgan fingerprint density at radius 2 is 1.33 bits per heavy atom. The highest BCUT2D eigenvalue weighted by atomic mass is 32.2. The van der Waals surface area contributed by atoms with Crippen LogP contribution in [0.3, 0.4) is 0 Å². The van der Waals surface area contributed by atoms with E-state index in [1.54, 1.807) is 42.9 Å². The second-order valence-corrected chi connectivity index (χ2v) is 10.5. The second kappa shape index (κ2) is 10.3. The number of nitrogens with zero attached hydrogens (tertiary/aromatic N) is 4. The van der Waals surface area contributed by atoms with Crippen molar-refractivity contribution in [2.24, 2.45) is 0 Å². The predicted molar refractivity (Wildman–Crippen MR) is 149 cm³/mol. The highest BCUT2D eigenvalue weighted by Crippen LogP contribution is 2.43. The Hall–Kier alpha value is -4.56. The highest BCUT2D eigenvalue weighted by molar-refractivity contribution is 7.84. The fourth-order valence-corrected chi connectivity index (χ4v) is 5.19. The van der Waals surface area contributed by atoms with Gasteiger partial charge in [0, 0.05) is 62.6 Å². The van der Waals surface area contributed by atoms with Gasteiger partial charge in [-0.15, -0.1) is 0 Å². The maximum Gasteiger partial charge on any atom is 0.182 e. The fraction of sp³-hybridized carbons (Fsp3) is 0.0645. The van der Waals surface area contributed by atoms with Crippen molar-refractivity contribution >= 4 is 21.8 Å². The summed E-state index contributed by atoms with van der Waals surface area (Å²) in [6.07, 6.45) is 7.00. The molecule has 6 rings (SSSR count). The number of hydrogen-bond donors (Lipinski definition) is 0. The van der Waals surface area contributed by atoms with E-state index in [1.165, 1.54) is 24.3 Å². The third-order valence-corrected chi connectivity index (χ3v) is 7.47. The topological polar surface area (TPSA) is 60.7 Å². The van der Waals surface area contributed by atoms with Gasteiger partial charge in [0.15, 0.2) is 5.65 Å². The van der Waals surface area contributed by atoms with Crippen LogP contribution in [-0.4, -0.2) is 30.2 Å². The number of rotatable bonds is 6. The maximum absolute atomic E-state index is 14.0. The third kappa shape index (κ3) is 4.98. The molecule has 3 aromatic carbocycles. The first kappa shape index (κ1) is 24.8. The Bertz CT molecular complexity index is 1800. The molecule has 0 radical (unpaired) electrons.